The van der Waals surface area contributed by atoms with E-state index < -0.39 is 5.97 Å². The number of carboxylic acid groups (broad SMARTS) is 1. The molecular weight excluding hydrogens is 420 g/mol. The van der Waals surface area contributed by atoms with Crippen molar-refractivity contribution in [3.8, 4) is 0 Å². The second-order valence-corrected chi connectivity index (χ2v) is 7.48. The molecule has 2 aromatic carbocycles. The van der Waals surface area contributed by atoms with E-state index in [4.69, 9.17) is 5.11 Å². The second kappa shape index (κ2) is 8.89. The van der Waals surface area contributed by atoms with Gasteiger partial charge >= 0.3 is 5.97 Å². The van der Waals surface area contributed by atoms with Crippen molar-refractivity contribution in [1.82, 2.24) is 4.98 Å². The fourth-order valence-corrected chi connectivity index (χ4v) is 3.15. The van der Waals surface area contributed by atoms with Crippen LogP contribution in [0.25, 0.3) is 10.9 Å². The number of carbonyl (C=O) groups is 2. The predicted molar refractivity (Wildman–Crippen MR) is 113 cm³/mol. The van der Waals surface area contributed by atoms with Crippen LogP contribution >= 0.6 is 15.9 Å². The molecule has 28 heavy (non-hydrogen) atoms. The monoisotopic (exact) mass is 438 g/mol. The summed E-state index contributed by atoms with van der Waals surface area (Å²) >= 11 is 3.31. The molecule has 0 bridgehead atoms. The molecule has 6 heteroatoms. The molecule has 1 aromatic heterocycles. The molecule has 1 aliphatic rings. The van der Waals surface area contributed by atoms with E-state index in [1.807, 2.05) is 48.5 Å². The highest BCUT2D eigenvalue weighted by molar-refractivity contribution is 9.10. The van der Waals surface area contributed by atoms with Crippen LogP contribution in [0.5, 0.6) is 0 Å². The number of hydrogen-bond donors (Lipinski definition) is 1. The van der Waals surface area contributed by atoms with Gasteiger partial charge in [-0.3, -0.25) is 14.6 Å². The van der Waals surface area contributed by atoms with Gasteiger partial charge in [0, 0.05) is 27.3 Å². The summed E-state index contributed by atoms with van der Waals surface area (Å²) in [7, 11) is 0. The van der Waals surface area contributed by atoms with Crippen LogP contribution in [-0.4, -0.2) is 28.2 Å². The van der Waals surface area contributed by atoms with E-state index >= 15 is 0 Å². The number of aliphatic imine (C=N–C) groups is 1. The molecule has 0 radical (unpaired) electrons. The lowest BCUT2D eigenvalue weighted by Crippen LogP contribution is -2.10. The second-order valence-electron chi connectivity index (χ2n) is 6.57. The minimum Gasteiger partial charge on any atom is -0.481 e. The summed E-state index contributed by atoms with van der Waals surface area (Å²) in [5, 5.41) is 9.92. The Bertz CT molecular complexity index is 1060. The number of pyridine rings is 1. The van der Waals surface area contributed by atoms with E-state index in [9.17, 15) is 9.59 Å². The average Bonchev–Trinajstić information content (AvgIpc) is 3.06. The van der Waals surface area contributed by atoms with Crippen LogP contribution in [0.1, 0.15) is 35.0 Å². The van der Waals surface area contributed by atoms with Crippen molar-refractivity contribution in [2.45, 2.75) is 19.8 Å². The third-order valence-electron chi connectivity index (χ3n) is 4.48. The van der Waals surface area contributed by atoms with Crippen molar-refractivity contribution >= 4 is 44.9 Å². The number of aliphatic carboxylic acids is 1. The normalized spacial score (nSPS) is 13.0. The molecule has 1 amide bonds. The highest BCUT2D eigenvalue weighted by atomic mass is 79.9. The lowest BCUT2D eigenvalue weighted by Gasteiger charge is -2.06. The van der Waals surface area contributed by atoms with Crippen molar-refractivity contribution in [2.75, 3.05) is 0 Å². The maximum Gasteiger partial charge on any atom is 0.306 e. The zero-order chi connectivity index (χ0) is 20.1. The Morgan fingerprint density at radius 2 is 1.93 bits per heavy atom. The van der Waals surface area contributed by atoms with Gasteiger partial charge in [-0.2, -0.15) is 0 Å². The van der Waals surface area contributed by atoms with E-state index in [0.717, 1.165) is 26.6 Å². The maximum absolute atomic E-state index is 11.0. The SMILES string of the molecule is CC(CCc1ccc2ccccc2n1)C(=O)O.O=C1N=Cc2cc(Br)ccc21. The smallest absolute Gasteiger partial charge is 0.306 e. The summed E-state index contributed by atoms with van der Waals surface area (Å²) in [6.45, 7) is 1.73. The summed E-state index contributed by atoms with van der Waals surface area (Å²) in [5.74, 6) is -1.21. The summed E-state index contributed by atoms with van der Waals surface area (Å²) in [6, 6.07) is 17.4. The number of benzene rings is 2. The molecule has 5 nitrogen and oxygen atoms in total. The summed E-state index contributed by atoms with van der Waals surface area (Å²) in [5.41, 5.74) is 3.50. The number of aromatic nitrogens is 1. The van der Waals surface area contributed by atoms with Crippen molar-refractivity contribution in [3.63, 3.8) is 0 Å². The van der Waals surface area contributed by atoms with Gasteiger partial charge in [0.05, 0.1) is 17.0 Å². The van der Waals surface area contributed by atoms with Crippen molar-refractivity contribution in [2.24, 2.45) is 10.9 Å². The molecule has 1 aliphatic heterocycles. The van der Waals surface area contributed by atoms with Crippen LogP contribution in [0.2, 0.25) is 0 Å². The first-order valence-corrected chi connectivity index (χ1v) is 9.69. The third kappa shape index (κ3) is 4.89. The molecule has 4 rings (SSSR count). The van der Waals surface area contributed by atoms with Gasteiger partial charge in [0.2, 0.25) is 0 Å². The van der Waals surface area contributed by atoms with Gasteiger partial charge in [-0.25, -0.2) is 4.99 Å². The fourth-order valence-electron chi connectivity index (χ4n) is 2.77. The van der Waals surface area contributed by atoms with Crippen molar-refractivity contribution < 1.29 is 14.7 Å². The van der Waals surface area contributed by atoms with Crippen LogP contribution in [0.15, 0.2) is 64.1 Å². The molecule has 142 valence electrons. The standard InChI is InChI=1S/C14H15NO2.C8H4BrNO/c1-10(14(16)17)6-8-12-9-7-11-4-2-3-5-13(11)15-12;9-6-1-2-7-5(3-6)4-10-8(7)11/h2-5,7,9-10H,6,8H2,1H3,(H,16,17);1-4H. The highest BCUT2D eigenvalue weighted by Gasteiger charge is 2.14. The topological polar surface area (TPSA) is 79.6 Å². The highest BCUT2D eigenvalue weighted by Crippen LogP contribution is 2.19. The quantitative estimate of drug-likeness (QED) is 0.627. The predicted octanol–water partition coefficient (Wildman–Crippen LogP) is 4.91. The first-order chi connectivity index (χ1) is 13.4. The number of para-hydroxylation sites is 1. The largest absolute Gasteiger partial charge is 0.481 e. The number of carboxylic acids is 1. The van der Waals surface area contributed by atoms with Gasteiger partial charge in [0.25, 0.3) is 5.91 Å². The van der Waals surface area contributed by atoms with E-state index in [1.54, 1.807) is 19.2 Å². The molecule has 0 saturated heterocycles. The first kappa shape index (κ1) is 19.9. The number of carbonyl (C=O) groups excluding carboxylic acids is 1. The van der Waals surface area contributed by atoms with Crippen LogP contribution in [0.4, 0.5) is 0 Å². The number of nitrogens with zero attached hydrogens (tertiary/aromatic N) is 2. The van der Waals surface area contributed by atoms with E-state index in [-0.39, 0.29) is 11.8 Å². The zero-order valence-electron chi connectivity index (χ0n) is 15.3. The Hall–Kier alpha value is -2.86. The Kier molecular flexibility index (Phi) is 6.31. The molecule has 1 unspecified atom stereocenters. The summed E-state index contributed by atoms with van der Waals surface area (Å²) < 4.78 is 0.970. The average molecular weight is 439 g/mol. The summed E-state index contributed by atoms with van der Waals surface area (Å²) in [4.78, 5) is 29.9. The lowest BCUT2D eigenvalue weighted by molar-refractivity contribution is -0.141. The van der Waals surface area contributed by atoms with Crippen LogP contribution in [0, 0.1) is 5.92 Å². The minimum absolute atomic E-state index is 0.146. The maximum atomic E-state index is 11.0. The molecule has 0 aliphatic carbocycles. The number of amides is 1. The van der Waals surface area contributed by atoms with E-state index in [2.05, 4.69) is 25.9 Å². The fraction of sp³-hybridized carbons (Fsp3) is 0.182. The van der Waals surface area contributed by atoms with Crippen molar-refractivity contribution in [1.29, 1.82) is 0 Å². The van der Waals surface area contributed by atoms with Crippen LogP contribution in [0.3, 0.4) is 0 Å². The molecule has 3 aromatic rings. The number of fused-ring (bicyclic) bond motifs is 2. The Morgan fingerprint density at radius 3 is 2.71 bits per heavy atom. The molecule has 2 heterocycles. The minimum atomic E-state index is -0.745. The van der Waals surface area contributed by atoms with E-state index in [1.165, 1.54) is 0 Å². The van der Waals surface area contributed by atoms with Gasteiger partial charge in [0.15, 0.2) is 0 Å². The van der Waals surface area contributed by atoms with E-state index in [0.29, 0.717) is 18.4 Å². The molecule has 0 fully saturated rings. The Balaban J connectivity index is 0.000000176. The number of halogens is 1. The van der Waals surface area contributed by atoms with Gasteiger partial charge in [0.1, 0.15) is 0 Å². The zero-order valence-corrected chi connectivity index (χ0v) is 16.9. The first-order valence-electron chi connectivity index (χ1n) is 8.89. The van der Waals surface area contributed by atoms with Gasteiger partial charge < -0.3 is 5.11 Å². The van der Waals surface area contributed by atoms with Crippen molar-refractivity contribution in [3.05, 3.63) is 75.9 Å². The number of aryl methyl sites for hydroxylation is 1. The molecule has 0 saturated carbocycles. The van der Waals surface area contributed by atoms with Gasteiger partial charge in [-0.1, -0.05) is 47.1 Å². The number of rotatable bonds is 4. The summed E-state index contributed by atoms with van der Waals surface area (Å²) in [6.07, 6.45) is 2.92. The lowest BCUT2D eigenvalue weighted by atomic mass is 10.0. The Morgan fingerprint density at radius 1 is 1.14 bits per heavy atom. The number of hydrogen-bond acceptors (Lipinski definition) is 3. The van der Waals surface area contributed by atoms with Gasteiger partial charge in [-0.15, -0.1) is 0 Å². The third-order valence-corrected chi connectivity index (χ3v) is 4.97. The molecular formula is C22H19BrN2O3. The van der Waals surface area contributed by atoms with Crippen LogP contribution in [-0.2, 0) is 11.2 Å². The van der Waals surface area contributed by atoms with Crippen LogP contribution < -0.4 is 0 Å². The molecule has 1 atom stereocenters. The molecule has 1 N–H and O–H groups in total. The Labute approximate surface area is 171 Å². The van der Waals surface area contributed by atoms with Gasteiger partial charge in [-0.05, 0) is 43.2 Å². The molecule has 0 spiro atoms.